The molecule has 2 heterocycles. The van der Waals surface area contributed by atoms with Gasteiger partial charge in [0.05, 0.1) is 21.5 Å². The number of esters is 1. The molecule has 1 unspecified atom stereocenters. The van der Waals surface area contributed by atoms with Gasteiger partial charge in [0.15, 0.2) is 11.9 Å². The number of imidazole rings is 1. The lowest BCUT2D eigenvalue weighted by Gasteiger charge is -2.15. The number of alkyl halides is 2. The summed E-state index contributed by atoms with van der Waals surface area (Å²) in [5.41, 5.74) is 0.109. The third-order valence-electron chi connectivity index (χ3n) is 4.54. The predicted octanol–water partition coefficient (Wildman–Crippen LogP) is 3.84. The number of rotatable bonds is 6. The first-order valence-corrected chi connectivity index (χ1v) is 8.96. The summed E-state index contributed by atoms with van der Waals surface area (Å²) in [6.45, 7) is -1.50. The van der Waals surface area contributed by atoms with Gasteiger partial charge in [0.1, 0.15) is 18.3 Å². The molecule has 0 N–H and O–H groups in total. The molecule has 4 rings (SSSR count). The third kappa shape index (κ3) is 3.70. The average Bonchev–Trinajstić information content (AvgIpc) is 3.41. The molecule has 12 heteroatoms. The predicted molar refractivity (Wildman–Crippen MR) is 103 cm³/mol. The Balaban J connectivity index is 1.64. The van der Waals surface area contributed by atoms with E-state index in [1.54, 1.807) is 18.2 Å². The first kappa shape index (κ1) is 20.1. The number of benzene rings is 2. The third-order valence-corrected chi connectivity index (χ3v) is 4.54. The van der Waals surface area contributed by atoms with Crippen molar-refractivity contribution in [2.75, 3.05) is 0 Å². The van der Waals surface area contributed by atoms with Crippen LogP contribution in [0.5, 0.6) is 0 Å². The van der Waals surface area contributed by atoms with Gasteiger partial charge in [0.25, 0.3) is 5.69 Å². The van der Waals surface area contributed by atoms with Crippen LogP contribution in [0.15, 0.2) is 55.1 Å². The summed E-state index contributed by atoms with van der Waals surface area (Å²) in [4.78, 5) is 31.3. The minimum absolute atomic E-state index is 0.103. The minimum atomic E-state index is -2.90. The van der Waals surface area contributed by atoms with E-state index < -0.39 is 29.2 Å². The second-order valence-electron chi connectivity index (χ2n) is 6.45. The van der Waals surface area contributed by atoms with Gasteiger partial charge in [-0.2, -0.15) is 13.9 Å². The van der Waals surface area contributed by atoms with Gasteiger partial charge in [-0.15, -0.1) is 0 Å². The molecule has 0 aliphatic rings. The molecule has 0 radical (unpaired) electrons. The maximum Gasteiger partial charge on any atom is 0.339 e. The summed E-state index contributed by atoms with van der Waals surface area (Å²) < 4.78 is 34.4. The lowest BCUT2D eigenvalue weighted by Crippen LogP contribution is -2.15. The molecule has 158 valence electrons. The topological polar surface area (TPSA) is 118 Å². The van der Waals surface area contributed by atoms with Crippen LogP contribution in [0.4, 0.5) is 14.5 Å². The molecule has 0 aliphatic carbocycles. The molecule has 4 aromatic rings. The SMILES string of the molecule is CC(OC(=O)c1ccc(-n2cncn2)c([N+](=O)[O-])c1)c1nc2ccccc2n1C(F)F. The lowest BCUT2D eigenvalue weighted by molar-refractivity contribution is -0.384. The lowest BCUT2D eigenvalue weighted by atomic mass is 10.1. The van der Waals surface area contributed by atoms with Crippen molar-refractivity contribution in [2.24, 2.45) is 0 Å². The van der Waals surface area contributed by atoms with Crippen LogP contribution < -0.4 is 0 Å². The van der Waals surface area contributed by atoms with Crippen molar-refractivity contribution in [3.8, 4) is 5.69 Å². The van der Waals surface area contributed by atoms with Gasteiger partial charge in [0.2, 0.25) is 0 Å². The fraction of sp³-hybridized carbons (Fsp3) is 0.158. The first-order valence-electron chi connectivity index (χ1n) is 8.96. The van der Waals surface area contributed by atoms with Crippen molar-refractivity contribution >= 4 is 22.7 Å². The molecule has 0 fully saturated rings. The molecule has 2 aromatic heterocycles. The second-order valence-corrected chi connectivity index (χ2v) is 6.45. The molecular weight excluding hydrogens is 414 g/mol. The number of nitrogens with zero attached hydrogens (tertiary/aromatic N) is 6. The number of hydrogen-bond donors (Lipinski definition) is 0. The number of nitro benzene ring substituents is 1. The Bertz CT molecular complexity index is 1270. The highest BCUT2D eigenvalue weighted by molar-refractivity contribution is 5.91. The van der Waals surface area contributed by atoms with E-state index >= 15 is 0 Å². The van der Waals surface area contributed by atoms with Crippen molar-refractivity contribution < 1.29 is 23.2 Å². The van der Waals surface area contributed by atoms with Crippen molar-refractivity contribution in [2.45, 2.75) is 19.6 Å². The average molecular weight is 428 g/mol. The van der Waals surface area contributed by atoms with Gasteiger partial charge in [-0.25, -0.2) is 19.4 Å². The number of ether oxygens (including phenoxy) is 1. The first-order chi connectivity index (χ1) is 14.9. The Labute approximate surface area is 172 Å². The van der Waals surface area contributed by atoms with E-state index in [2.05, 4.69) is 15.1 Å². The van der Waals surface area contributed by atoms with Crippen LogP contribution in [0.2, 0.25) is 0 Å². The number of para-hydroxylation sites is 2. The van der Waals surface area contributed by atoms with E-state index in [1.807, 2.05) is 0 Å². The number of halogens is 2. The van der Waals surface area contributed by atoms with Crippen molar-refractivity contribution in [3.63, 3.8) is 0 Å². The smallest absolute Gasteiger partial charge is 0.339 e. The summed E-state index contributed by atoms with van der Waals surface area (Å²) in [5, 5.41) is 15.3. The van der Waals surface area contributed by atoms with Crippen molar-refractivity contribution in [3.05, 3.63) is 76.6 Å². The summed E-state index contributed by atoms with van der Waals surface area (Å²) in [5.74, 6) is -1.06. The zero-order chi connectivity index (χ0) is 22.1. The van der Waals surface area contributed by atoms with Crippen LogP contribution in [-0.2, 0) is 4.74 Å². The number of hydrogen-bond acceptors (Lipinski definition) is 7. The summed E-state index contributed by atoms with van der Waals surface area (Å²) in [6.07, 6.45) is 1.35. The fourth-order valence-electron chi connectivity index (χ4n) is 3.16. The van der Waals surface area contributed by atoms with E-state index in [-0.39, 0.29) is 22.6 Å². The molecule has 0 saturated carbocycles. The zero-order valence-corrected chi connectivity index (χ0v) is 15.9. The molecule has 0 bridgehead atoms. The highest BCUT2D eigenvalue weighted by Crippen LogP contribution is 2.29. The molecule has 2 aromatic carbocycles. The molecule has 10 nitrogen and oxygen atoms in total. The standard InChI is InChI=1S/C19H14F2N6O4/c1-11(17-24-13-4-2-3-5-14(13)26(17)19(20)21)31-18(28)12-6-7-15(16(8-12)27(29)30)25-10-22-9-23-25/h2-11,19H,1H3. The normalized spacial score (nSPS) is 12.3. The highest BCUT2D eigenvalue weighted by Gasteiger charge is 2.26. The monoisotopic (exact) mass is 428 g/mol. The van der Waals surface area contributed by atoms with E-state index in [1.165, 1.54) is 42.5 Å². The Morgan fingerprint density at radius 1 is 1.23 bits per heavy atom. The van der Waals surface area contributed by atoms with E-state index in [0.29, 0.717) is 10.1 Å². The Hall–Kier alpha value is -4.22. The Kier molecular flexibility index (Phi) is 5.11. The van der Waals surface area contributed by atoms with Crippen LogP contribution in [0.25, 0.3) is 16.7 Å². The molecule has 0 saturated heterocycles. The largest absolute Gasteiger partial charge is 0.451 e. The van der Waals surface area contributed by atoms with Crippen molar-refractivity contribution in [1.29, 1.82) is 0 Å². The number of carbonyl (C=O) groups excluding carboxylic acids is 1. The zero-order valence-electron chi connectivity index (χ0n) is 15.9. The van der Waals surface area contributed by atoms with Gasteiger partial charge in [0, 0.05) is 6.07 Å². The quantitative estimate of drug-likeness (QED) is 0.260. The molecule has 31 heavy (non-hydrogen) atoms. The van der Waals surface area contributed by atoms with E-state index in [4.69, 9.17) is 4.74 Å². The summed E-state index contributed by atoms with van der Waals surface area (Å²) in [6, 6.07) is 9.97. The summed E-state index contributed by atoms with van der Waals surface area (Å²) >= 11 is 0. The number of nitro groups is 1. The second kappa shape index (κ2) is 7.89. The molecule has 1 atom stereocenters. The molecular formula is C19H14F2N6O4. The van der Waals surface area contributed by atoms with Gasteiger partial charge in [-0.05, 0) is 31.2 Å². The van der Waals surface area contributed by atoms with Crippen LogP contribution in [0, 0.1) is 10.1 Å². The number of aromatic nitrogens is 5. The fourth-order valence-corrected chi connectivity index (χ4v) is 3.16. The number of fused-ring (bicyclic) bond motifs is 1. The molecule has 0 aliphatic heterocycles. The maximum atomic E-state index is 13.6. The highest BCUT2D eigenvalue weighted by atomic mass is 19.3. The van der Waals surface area contributed by atoms with Crippen molar-refractivity contribution in [1.82, 2.24) is 24.3 Å². The van der Waals surface area contributed by atoms with Gasteiger partial charge in [-0.1, -0.05) is 12.1 Å². The van der Waals surface area contributed by atoms with Gasteiger partial charge in [-0.3, -0.25) is 14.7 Å². The van der Waals surface area contributed by atoms with Crippen LogP contribution >= 0.6 is 0 Å². The molecule has 0 spiro atoms. The van der Waals surface area contributed by atoms with Crippen LogP contribution in [0.1, 0.15) is 35.8 Å². The van der Waals surface area contributed by atoms with E-state index in [9.17, 15) is 23.7 Å². The summed E-state index contributed by atoms with van der Waals surface area (Å²) in [7, 11) is 0. The minimum Gasteiger partial charge on any atom is -0.451 e. The van der Waals surface area contributed by atoms with Gasteiger partial charge < -0.3 is 4.74 Å². The van der Waals surface area contributed by atoms with E-state index in [0.717, 1.165) is 6.07 Å². The Morgan fingerprint density at radius 3 is 2.68 bits per heavy atom. The number of carbonyl (C=O) groups is 1. The van der Waals surface area contributed by atoms with Crippen LogP contribution in [0.3, 0.4) is 0 Å². The van der Waals surface area contributed by atoms with Crippen LogP contribution in [-0.4, -0.2) is 35.2 Å². The van der Waals surface area contributed by atoms with Gasteiger partial charge >= 0.3 is 12.5 Å². The molecule has 0 amide bonds. The maximum absolute atomic E-state index is 13.6. The Morgan fingerprint density at radius 2 is 2.00 bits per heavy atom.